The molecule has 0 unspecified atom stereocenters. The van der Waals surface area contributed by atoms with E-state index in [-0.39, 0.29) is 0 Å². The first-order chi connectivity index (χ1) is 8.19. The minimum absolute atomic E-state index is 0.426. The van der Waals surface area contributed by atoms with Crippen molar-refractivity contribution in [3.05, 3.63) is 40.5 Å². The Morgan fingerprint density at radius 2 is 2.00 bits per heavy atom. The Morgan fingerprint density at radius 1 is 1.29 bits per heavy atom. The number of hydrogen-bond acceptors (Lipinski definition) is 5. The van der Waals surface area contributed by atoms with E-state index in [0.717, 1.165) is 20.0 Å². The molecule has 0 bridgehead atoms. The third kappa shape index (κ3) is 3.18. The van der Waals surface area contributed by atoms with Crippen molar-refractivity contribution in [2.45, 2.75) is 16.8 Å². The molecule has 1 aromatic carbocycles. The smallest absolute Gasteiger partial charge is 0.238 e. The Labute approximate surface area is 112 Å². The minimum Gasteiger partial charge on any atom is -0.292 e. The molecule has 1 heterocycles. The molecule has 6 heteroatoms. The number of anilines is 1. The Bertz CT molecular complexity index is 515. The highest BCUT2D eigenvalue weighted by atomic mass is 79.9. The van der Waals surface area contributed by atoms with Crippen molar-refractivity contribution in [3.8, 4) is 0 Å². The molecule has 2 rings (SSSR count). The molecule has 0 fully saturated rings. The molecule has 88 valence electrons. The summed E-state index contributed by atoms with van der Waals surface area (Å²) in [6.07, 6.45) is 1.75. The van der Waals surface area contributed by atoms with Crippen LogP contribution in [0.1, 0.15) is 5.56 Å². The Balaban J connectivity index is 2.25. The van der Waals surface area contributed by atoms with Crippen LogP contribution in [-0.4, -0.2) is 9.97 Å². The lowest BCUT2D eigenvalue weighted by Crippen LogP contribution is -2.10. The molecular formula is C11H11BrN4S. The average Bonchev–Trinajstić information content (AvgIpc) is 2.35. The average molecular weight is 311 g/mol. The molecule has 3 N–H and O–H groups in total. The second kappa shape index (κ2) is 5.48. The van der Waals surface area contributed by atoms with Crippen LogP contribution in [0.5, 0.6) is 0 Å². The molecule has 17 heavy (non-hydrogen) atoms. The van der Waals surface area contributed by atoms with Crippen LogP contribution in [0.15, 0.2) is 44.9 Å². The summed E-state index contributed by atoms with van der Waals surface area (Å²) in [5, 5.41) is 0.898. The van der Waals surface area contributed by atoms with Gasteiger partial charge < -0.3 is 0 Å². The van der Waals surface area contributed by atoms with Crippen LogP contribution in [-0.2, 0) is 0 Å². The number of aryl methyl sites for hydroxylation is 1. The molecule has 4 nitrogen and oxygen atoms in total. The van der Waals surface area contributed by atoms with E-state index in [2.05, 4.69) is 31.3 Å². The van der Waals surface area contributed by atoms with Crippen molar-refractivity contribution >= 4 is 33.6 Å². The van der Waals surface area contributed by atoms with E-state index in [4.69, 9.17) is 5.84 Å². The molecule has 0 amide bonds. The van der Waals surface area contributed by atoms with Gasteiger partial charge in [0.15, 0.2) is 0 Å². The number of hydrogen-bond donors (Lipinski definition) is 2. The van der Waals surface area contributed by atoms with Crippen molar-refractivity contribution < 1.29 is 0 Å². The second-order valence-corrected chi connectivity index (χ2v) is 5.36. The summed E-state index contributed by atoms with van der Waals surface area (Å²) in [7, 11) is 0. The quantitative estimate of drug-likeness (QED) is 0.518. The molecular weight excluding hydrogens is 300 g/mol. The molecule has 1 aromatic heterocycles. The first kappa shape index (κ1) is 12.3. The number of hydrazine groups is 1. The molecule has 0 atom stereocenters. The predicted molar refractivity (Wildman–Crippen MR) is 72.8 cm³/mol. The lowest BCUT2D eigenvalue weighted by Gasteiger charge is -2.06. The molecule has 0 spiro atoms. The summed E-state index contributed by atoms with van der Waals surface area (Å²) in [6.45, 7) is 1.97. The molecule has 0 aliphatic carbocycles. The van der Waals surface area contributed by atoms with Gasteiger partial charge in [-0.2, -0.15) is 0 Å². The minimum atomic E-state index is 0.426. The maximum atomic E-state index is 5.29. The largest absolute Gasteiger partial charge is 0.292 e. The van der Waals surface area contributed by atoms with Gasteiger partial charge in [0.2, 0.25) is 5.95 Å². The standard InChI is InChI=1S/C11H11BrN4S/c1-7-6-14-11(16-13)15-10(7)17-9-4-2-8(12)3-5-9/h2-6H,13H2,1H3,(H,14,15,16). The summed E-state index contributed by atoms with van der Waals surface area (Å²) < 4.78 is 1.06. The SMILES string of the molecule is Cc1cnc(NN)nc1Sc1ccc(Br)cc1. The number of aromatic nitrogens is 2. The summed E-state index contributed by atoms with van der Waals surface area (Å²) in [5.74, 6) is 5.72. The first-order valence-corrected chi connectivity index (χ1v) is 6.53. The normalized spacial score (nSPS) is 10.3. The highest BCUT2D eigenvalue weighted by Gasteiger charge is 2.05. The van der Waals surface area contributed by atoms with Gasteiger partial charge in [-0.05, 0) is 31.2 Å². The first-order valence-electron chi connectivity index (χ1n) is 4.92. The molecule has 0 radical (unpaired) electrons. The summed E-state index contributed by atoms with van der Waals surface area (Å²) in [5.41, 5.74) is 3.47. The van der Waals surface area contributed by atoms with Crippen LogP contribution in [0.4, 0.5) is 5.95 Å². The van der Waals surface area contributed by atoms with Gasteiger partial charge in [0.25, 0.3) is 0 Å². The maximum Gasteiger partial charge on any atom is 0.238 e. The number of halogens is 1. The van der Waals surface area contributed by atoms with Crippen molar-refractivity contribution in [1.82, 2.24) is 9.97 Å². The zero-order valence-electron chi connectivity index (χ0n) is 9.14. The Morgan fingerprint density at radius 3 is 2.65 bits per heavy atom. The van der Waals surface area contributed by atoms with Crippen LogP contribution < -0.4 is 11.3 Å². The fraction of sp³-hybridized carbons (Fsp3) is 0.0909. The van der Waals surface area contributed by atoms with Crippen LogP contribution in [0.2, 0.25) is 0 Å². The van der Waals surface area contributed by atoms with E-state index >= 15 is 0 Å². The van der Waals surface area contributed by atoms with Crippen LogP contribution in [0.25, 0.3) is 0 Å². The molecule has 0 aliphatic heterocycles. The molecule has 0 aliphatic rings. The Hall–Kier alpha value is -1.11. The van der Waals surface area contributed by atoms with E-state index in [1.807, 2.05) is 31.2 Å². The van der Waals surface area contributed by atoms with Gasteiger partial charge in [-0.1, -0.05) is 27.7 Å². The van der Waals surface area contributed by atoms with E-state index in [1.165, 1.54) is 0 Å². The van der Waals surface area contributed by atoms with Crippen molar-refractivity contribution in [2.24, 2.45) is 5.84 Å². The third-order valence-corrected chi connectivity index (χ3v) is 3.73. The third-order valence-electron chi connectivity index (χ3n) is 2.08. The zero-order valence-corrected chi connectivity index (χ0v) is 11.5. The predicted octanol–water partition coefficient (Wildman–Crippen LogP) is 2.98. The molecule has 2 aromatic rings. The van der Waals surface area contributed by atoms with Crippen molar-refractivity contribution in [3.63, 3.8) is 0 Å². The number of nitrogens with one attached hydrogen (secondary N) is 1. The van der Waals surface area contributed by atoms with Crippen molar-refractivity contribution in [2.75, 3.05) is 5.43 Å². The van der Waals surface area contributed by atoms with Gasteiger partial charge in [0, 0.05) is 21.1 Å². The number of rotatable bonds is 3. The number of nitrogen functional groups attached to an aromatic ring is 1. The van der Waals surface area contributed by atoms with Gasteiger partial charge in [-0.25, -0.2) is 15.8 Å². The van der Waals surface area contributed by atoms with Gasteiger partial charge in [-0.3, -0.25) is 5.43 Å². The van der Waals surface area contributed by atoms with E-state index in [9.17, 15) is 0 Å². The van der Waals surface area contributed by atoms with Crippen molar-refractivity contribution in [1.29, 1.82) is 0 Å². The summed E-state index contributed by atoms with van der Waals surface area (Å²) in [6, 6.07) is 8.07. The second-order valence-electron chi connectivity index (χ2n) is 3.38. The van der Waals surface area contributed by atoms with Crippen LogP contribution in [0, 0.1) is 6.92 Å². The van der Waals surface area contributed by atoms with Crippen LogP contribution >= 0.6 is 27.7 Å². The van der Waals surface area contributed by atoms with E-state index in [1.54, 1.807) is 18.0 Å². The summed E-state index contributed by atoms with van der Waals surface area (Å²) >= 11 is 4.99. The highest BCUT2D eigenvalue weighted by molar-refractivity contribution is 9.10. The number of nitrogens with two attached hydrogens (primary N) is 1. The monoisotopic (exact) mass is 310 g/mol. The topological polar surface area (TPSA) is 63.8 Å². The van der Waals surface area contributed by atoms with E-state index < -0.39 is 0 Å². The lowest BCUT2D eigenvalue weighted by molar-refractivity contribution is 0.992. The fourth-order valence-corrected chi connectivity index (χ4v) is 2.32. The summed E-state index contributed by atoms with van der Waals surface area (Å²) in [4.78, 5) is 9.48. The van der Waals surface area contributed by atoms with Gasteiger partial charge in [0.05, 0.1) is 0 Å². The maximum absolute atomic E-state index is 5.29. The number of benzene rings is 1. The number of nitrogens with zero attached hydrogens (tertiary/aromatic N) is 2. The van der Waals surface area contributed by atoms with E-state index in [0.29, 0.717) is 5.95 Å². The fourth-order valence-electron chi connectivity index (χ4n) is 1.21. The lowest BCUT2D eigenvalue weighted by atomic mass is 10.4. The highest BCUT2D eigenvalue weighted by Crippen LogP contribution is 2.29. The van der Waals surface area contributed by atoms with Crippen LogP contribution in [0.3, 0.4) is 0 Å². The van der Waals surface area contributed by atoms with Gasteiger partial charge in [-0.15, -0.1) is 0 Å². The molecule has 0 saturated heterocycles. The molecule has 0 saturated carbocycles. The Kier molecular flexibility index (Phi) is 3.98. The van der Waals surface area contributed by atoms with Gasteiger partial charge >= 0.3 is 0 Å². The van der Waals surface area contributed by atoms with Gasteiger partial charge in [0.1, 0.15) is 5.03 Å². The zero-order chi connectivity index (χ0) is 12.3.